The summed E-state index contributed by atoms with van der Waals surface area (Å²) in [5.41, 5.74) is 11.1. The Morgan fingerprint density at radius 3 is 2.72 bits per heavy atom. The first kappa shape index (κ1) is 11.9. The van der Waals surface area contributed by atoms with Gasteiger partial charge in [-0.3, -0.25) is 0 Å². The number of hydrogen-bond donors (Lipinski definition) is 1. The van der Waals surface area contributed by atoms with Crippen molar-refractivity contribution < 1.29 is 0 Å². The Bertz CT molecular complexity index is 582. The lowest BCUT2D eigenvalue weighted by atomic mass is 10.1. The molecular formula is C15H18N2S. The van der Waals surface area contributed by atoms with Crippen LogP contribution in [0.4, 0.5) is 0 Å². The van der Waals surface area contributed by atoms with Crippen molar-refractivity contribution in [3.63, 3.8) is 0 Å². The Balaban J connectivity index is 1.85. The number of nitrogens with two attached hydrogens (primary N) is 1. The molecular weight excluding hydrogens is 240 g/mol. The molecule has 1 saturated carbocycles. The van der Waals surface area contributed by atoms with Gasteiger partial charge < -0.3 is 5.73 Å². The predicted molar refractivity (Wildman–Crippen MR) is 76.9 cm³/mol. The van der Waals surface area contributed by atoms with Gasteiger partial charge in [-0.05, 0) is 43.9 Å². The molecule has 2 N–H and O–H groups in total. The van der Waals surface area contributed by atoms with Gasteiger partial charge in [0.05, 0.1) is 10.7 Å². The van der Waals surface area contributed by atoms with Crippen LogP contribution in [0.3, 0.4) is 0 Å². The zero-order valence-electron chi connectivity index (χ0n) is 10.9. The zero-order valence-corrected chi connectivity index (χ0v) is 11.7. The first-order chi connectivity index (χ1) is 8.56. The number of thiazole rings is 1. The Morgan fingerprint density at radius 2 is 2.06 bits per heavy atom. The van der Waals surface area contributed by atoms with Crippen LogP contribution in [0.1, 0.15) is 29.0 Å². The van der Waals surface area contributed by atoms with E-state index in [1.807, 2.05) is 0 Å². The molecule has 1 fully saturated rings. The lowest BCUT2D eigenvalue weighted by Crippen LogP contribution is -2.24. The molecule has 0 spiro atoms. The third kappa shape index (κ3) is 2.33. The molecule has 1 aliphatic rings. The fourth-order valence-electron chi connectivity index (χ4n) is 2.06. The number of nitrogens with zero attached hydrogens (tertiary/aromatic N) is 1. The summed E-state index contributed by atoms with van der Waals surface area (Å²) in [6, 6.07) is 6.52. The van der Waals surface area contributed by atoms with Crippen LogP contribution in [0.2, 0.25) is 0 Å². The maximum Gasteiger partial charge on any atom is 0.0950 e. The van der Waals surface area contributed by atoms with Crippen LogP contribution >= 0.6 is 11.3 Å². The number of aromatic nitrogens is 1. The van der Waals surface area contributed by atoms with E-state index in [0.717, 1.165) is 25.0 Å². The van der Waals surface area contributed by atoms with Crippen molar-refractivity contribution >= 4 is 11.3 Å². The molecule has 0 unspecified atom stereocenters. The van der Waals surface area contributed by atoms with E-state index in [1.54, 1.807) is 11.3 Å². The molecule has 0 bridgehead atoms. The average Bonchev–Trinajstić information content (AvgIpc) is 2.88. The third-order valence-electron chi connectivity index (χ3n) is 3.75. The largest absolute Gasteiger partial charge is 0.325 e. The first-order valence-corrected chi connectivity index (χ1v) is 7.25. The number of aryl methyl sites for hydroxylation is 2. The summed E-state index contributed by atoms with van der Waals surface area (Å²) in [5.74, 6) is 0. The molecule has 2 nitrogen and oxygen atoms in total. The van der Waals surface area contributed by atoms with Gasteiger partial charge in [-0.2, -0.15) is 0 Å². The van der Waals surface area contributed by atoms with Crippen molar-refractivity contribution in [2.75, 3.05) is 0 Å². The van der Waals surface area contributed by atoms with Gasteiger partial charge in [-0.15, -0.1) is 11.3 Å². The minimum atomic E-state index is 0.0539. The highest BCUT2D eigenvalue weighted by molar-refractivity contribution is 7.10. The van der Waals surface area contributed by atoms with E-state index in [-0.39, 0.29) is 5.54 Å². The second-order valence-electron chi connectivity index (χ2n) is 5.46. The maximum atomic E-state index is 6.14. The van der Waals surface area contributed by atoms with Crippen LogP contribution in [0, 0.1) is 13.8 Å². The van der Waals surface area contributed by atoms with Gasteiger partial charge in [0.2, 0.25) is 0 Å². The number of hydrogen-bond acceptors (Lipinski definition) is 3. The van der Waals surface area contributed by atoms with E-state index in [9.17, 15) is 0 Å². The van der Waals surface area contributed by atoms with E-state index in [2.05, 4.69) is 37.4 Å². The quantitative estimate of drug-likeness (QED) is 0.915. The van der Waals surface area contributed by atoms with Crippen LogP contribution in [0.5, 0.6) is 0 Å². The van der Waals surface area contributed by atoms with Crippen LogP contribution in [-0.2, 0) is 6.42 Å². The van der Waals surface area contributed by atoms with Crippen molar-refractivity contribution in [3.05, 3.63) is 39.7 Å². The lowest BCUT2D eigenvalue weighted by Gasteiger charge is -2.04. The van der Waals surface area contributed by atoms with Gasteiger partial charge in [-0.25, -0.2) is 4.98 Å². The highest BCUT2D eigenvalue weighted by Crippen LogP contribution is 2.37. The summed E-state index contributed by atoms with van der Waals surface area (Å²) in [6.45, 7) is 4.28. The van der Waals surface area contributed by atoms with Crippen molar-refractivity contribution in [2.45, 2.75) is 38.6 Å². The second kappa shape index (κ2) is 4.18. The molecule has 18 heavy (non-hydrogen) atoms. The normalized spacial score (nSPS) is 16.8. The fourth-order valence-corrected chi connectivity index (χ4v) is 3.02. The summed E-state index contributed by atoms with van der Waals surface area (Å²) in [4.78, 5) is 4.72. The van der Waals surface area contributed by atoms with Crippen LogP contribution in [0.15, 0.2) is 23.6 Å². The molecule has 3 heteroatoms. The number of rotatable bonds is 3. The molecule has 3 rings (SSSR count). The molecule has 1 aliphatic carbocycles. The molecule has 94 valence electrons. The Labute approximate surface area is 112 Å². The highest BCUT2D eigenvalue weighted by atomic mass is 32.1. The fraction of sp³-hybridized carbons (Fsp3) is 0.400. The van der Waals surface area contributed by atoms with Crippen LogP contribution in [0.25, 0.3) is 11.3 Å². The predicted octanol–water partition coefficient (Wildman–Crippen LogP) is 3.46. The lowest BCUT2D eigenvalue weighted by molar-refractivity contribution is 0.669. The smallest absolute Gasteiger partial charge is 0.0950 e. The van der Waals surface area contributed by atoms with Gasteiger partial charge in [-0.1, -0.05) is 12.1 Å². The summed E-state index contributed by atoms with van der Waals surface area (Å²) in [5, 5.41) is 3.31. The van der Waals surface area contributed by atoms with Gasteiger partial charge >= 0.3 is 0 Å². The average molecular weight is 258 g/mol. The van der Waals surface area contributed by atoms with E-state index in [0.29, 0.717) is 0 Å². The first-order valence-electron chi connectivity index (χ1n) is 6.37. The minimum absolute atomic E-state index is 0.0539. The van der Waals surface area contributed by atoms with Crippen molar-refractivity contribution in [1.82, 2.24) is 4.98 Å². The van der Waals surface area contributed by atoms with Gasteiger partial charge in [0, 0.05) is 22.9 Å². The Morgan fingerprint density at radius 1 is 1.28 bits per heavy atom. The molecule has 1 heterocycles. The van der Waals surface area contributed by atoms with E-state index in [1.165, 1.54) is 21.7 Å². The highest BCUT2D eigenvalue weighted by Gasteiger charge is 2.38. The van der Waals surface area contributed by atoms with Gasteiger partial charge in [0.1, 0.15) is 0 Å². The second-order valence-corrected chi connectivity index (χ2v) is 6.41. The summed E-state index contributed by atoms with van der Waals surface area (Å²) >= 11 is 1.73. The van der Waals surface area contributed by atoms with E-state index in [4.69, 9.17) is 10.7 Å². The van der Waals surface area contributed by atoms with Crippen LogP contribution in [-0.4, -0.2) is 10.5 Å². The van der Waals surface area contributed by atoms with E-state index < -0.39 is 0 Å². The molecule has 0 aliphatic heterocycles. The standard InChI is InChI=1S/C15H18N2S/c1-10-3-4-12(7-11(10)2)13-9-18-14(17-13)8-15(16)5-6-15/h3-4,7,9H,5-6,8,16H2,1-2H3. The zero-order chi connectivity index (χ0) is 12.8. The molecule has 2 aromatic rings. The minimum Gasteiger partial charge on any atom is -0.325 e. The molecule has 1 aromatic heterocycles. The molecule has 0 amide bonds. The van der Waals surface area contributed by atoms with Crippen molar-refractivity contribution in [3.8, 4) is 11.3 Å². The Kier molecular flexibility index (Phi) is 2.76. The van der Waals surface area contributed by atoms with Gasteiger partial charge in [0.25, 0.3) is 0 Å². The molecule has 0 atom stereocenters. The Hall–Kier alpha value is -1.19. The summed E-state index contributed by atoms with van der Waals surface area (Å²) in [7, 11) is 0. The monoisotopic (exact) mass is 258 g/mol. The van der Waals surface area contributed by atoms with Crippen LogP contribution < -0.4 is 5.73 Å². The summed E-state index contributed by atoms with van der Waals surface area (Å²) < 4.78 is 0. The number of benzene rings is 1. The van der Waals surface area contributed by atoms with E-state index >= 15 is 0 Å². The summed E-state index contributed by atoms with van der Waals surface area (Å²) in [6.07, 6.45) is 3.22. The molecule has 0 saturated heterocycles. The van der Waals surface area contributed by atoms with Gasteiger partial charge in [0.15, 0.2) is 0 Å². The van der Waals surface area contributed by atoms with Crippen molar-refractivity contribution in [1.29, 1.82) is 0 Å². The SMILES string of the molecule is Cc1ccc(-c2csc(CC3(N)CC3)n2)cc1C. The molecule has 0 radical (unpaired) electrons. The topological polar surface area (TPSA) is 38.9 Å². The third-order valence-corrected chi connectivity index (χ3v) is 4.60. The maximum absolute atomic E-state index is 6.14. The van der Waals surface area contributed by atoms with Crippen molar-refractivity contribution in [2.24, 2.45) is 5.73 Å². The molecule has 1 aromatic carbocycles.